The quantitative estimate of drug-likeness (QED) is 0.688. The smallest absolute Gasteiger partial charge is 0.337 e. The maximum Gasteiger partial charge on any atom is 0.337 e. The number of fused-ring (bicyclic) bond motifs is 2. The number of benzene rings is 1. The minimum atomic E-state index is -0.947. The topological polar surface area (TPSA) is 59.4 Å². The van der Waals surface area contributed by atoms with E-state index < -0.39 is 11.6 Å². The first-order chi connectivity index (χ1) is 14.6. The highest BCUT2D eigenvalue weighted by Crippen LogP contribution is 2.72. The second-order valence-corrected chi connectivity index (χ2v) is 11.3. The highest BCUT2D eigenvalue weighted by molar-refractivity contribution is 5.87. The number of nitrogens with zero attached hydrogens (tertiary/aromatic N) is 1. The number of aromatic nitrogens is 1. The summed E-state index contributed by atoms with van der Waals surface area (Å²) in [5, 5.41) is 9.22. The fourth-order valence-electron chi connectivity index (χ4n) is 6.56. The summed E-state index contributed by atoms with van der Waals surface area (Å²) < 4.78 is 6.16. The summed E-state index contributed by atoms with van der Waals surface area (Å²) in [5.74, 6) is -0.566. The molecule has 0 spiro atoms. The van der Waals surface area contributed by atoms with Crippen LogP contribution in [0.2, 0.25) is 0 Å². The molecule has 0 bridgehead atoms. The lowest BCUT2D eigenvalue weighted by Gasteiger charge is -2.42. The van der Waals surface area contributed by atoms with Crippen LogP contribution >= 0.6 is 0 Å². The maximum absolute atomic E-state index is 11.2. The van der Waals surface area contributed by atoms with Gasteiger partial charge in [0.2, 0.25) is 0 Å². The Labute approximate surface area is 185 Å². The van der Waals surface area contributed by atoms with Gasteiger partial charge in [-0.15, -0.1) is 0 Å². The number of methoxy groups -OCH3 is 1. The Balaban J connectivity index is 1.52. The third-order valence-electron chi connectivity index (χ3n) is 8.82. The number of carboxylic acid groups (broad SMARTS) is 1. The Morgan fingerprint density at radius 2 is 1.71 bits per heavy atom. The number of rotatable bonds is 4. The van der Waals surface area contributed by atoms with Crippen LogP contribution in [0.1, 0.15) is 92.5 Å². The van der Waals surface area contributed by atoms with E-state index in [0.29, 0.717) is 5.92 Å². The van der Waals surface area contributed by atoms with Crippen molar-refractivity contribution in [3.05, 3.63) is 64.5 Å². The molecule has 1 aromatic heterocycles. The highest BCUT2D eigenvalue weighted by Gasteiger charge is 2.70. The molecule has 0 radical (unpaired) electrons. The molecular weight excluding hydrogens is 386 g/mol. The average Bonchev–Trinajstić information content (AvgIpc) is 3.41. The van der Waals surface area contributed by atoms with E-state index in [4.69, 9.17) is 4.74 Å². The lowest BCUT2D eigenvalue weighted by atomic mass is 9.62. The van der Waals surface area contributed by atoms with Gasteiger partial charge in [0, 0.05) is 24.6 Å². The van der Waals surface area contributed by atoms with Crippen molar-refractivity contribution in [3.63, 3.8) is 0 Å². The van der Waals surface area contributed by atoms with Gasteiger partial charge in [-0.25, -0.2) is 4.79 Å². The first-order valence-electron chi connectivity index (χ1n) is 11.5. The van der Waals surface area contributed by atoms with E-state index in [0.717, 1.165) is 25.0 Å². The number of carbonyl (C=O) groups is 1. The van der Waals surface area contributed by atoms with Gasteiger partial charge in [0.25, 0.3) is 0 Å². The van der Waals surface area contributed by atoms with Crippen molar-refractivity contribution < 1.29 is 14.6 Å². The third-order valence-corrected chi connectivity index (χ3v) is 8.82. The first kappa shape index (κ1) is 20.7. The minimum Gasteiger partial charge on any atom is -0.478 e. The van der Waals surface area contributed by atoms with Crippen LogP contribution in [0, 0.1) is 5.92 Å². The highest BCUT2D eigenvalue weighted by atomic mass is 16.5. The third kappa shape index (κ3) is 2.83. The molecule has 31 heavy (non-hydrogen) atoms. The summed E-state index contributed by atoms with van der Waals surface area (Å²) in [5.41, 5.74) is 5.70. The minimum absolute atomic E-state index is 0.149. The molecule has 0 aliphatic heterocycles. The Morgan fingerprint density at radius 3 is 2.29 bits per heavy atom. The molecule has 3 unspecified atom stereocenters. The molecule has 3 aliphatic carbocycles. The van der Waals surface area contributed by atoms with Gasteiger partial charge in [-0.05, 0) is 71.8 Å². The molecule has 4 heteroatoms. The van der Waals surface area contributed by atoms with Crippen molar-refractivity contribution in [1.29, 1.82) is 0 Å². The van der Waals surface area contributed by atoms with Gasteiger partial charge >= 0.3 is 5.97 Å². The molecule has 164 valence electrons. The molecule has 2 saturated carbocycles. The van der Waals surface area contributed by atoms with E-state index in [2.05, 4.69) is 50.9 Å². The van der Waals surface area contributed by atoms with Gasteiger partial charge in [0.1, 0.15) is 5.60 Å². The van der Waals surface area contributed by atoms with Gasteiger partial charge in [-0.2, -0.15) is 0 Å². The Morgan fingerprint density at radius 1 is 1.00 bits per heavy atom. The zero-order valence-corrected chi connectivity index (χ0v) is 19.3. The molecule has 5 rings (SSSR count). The van der Waals surface area contributed by atoms with Gasteiger partial charge in [0.15, 0.2) is 0 Å². The summed E-state index contributed by atoms with van der Waals surface area (Å²) in [6.45, 7) is 9.51. The largest absolute Gasteiger partial charge is 0.478 e. The molecule has 1 aromatic carbocycles. The Kier molecular flexibility index (Phi) is 4.28. The predicted octanol–water partition coefficient (Wildman–Crippen LogP) is 5.72. The number of hydrogen-bond acceptors (Lipinski definition) is 3. The van der Waals surface area contributed by atoms with Crippen LogP contribution in [0.15, 0.2) is 36.5 Å². The number of hydrogen-bond donors (Lipinski definition) is 1. The normalized spacial score (nSPS) is 32.2. The number of carboxylic acids is 1. The van der Waals surface area contributed by atoms with Crippen LogP contribution in [0.25, 0.3) is 0 Å². The molecule has 0 saturated heterocycles. The van der Waals surface area contributed by atoms with Crippen molar-refractivity contribution in [2.24, 2.45) is 5.92 Å². The molecule has 2 aromatic rings. The van der Waals surface area contributed by atoms with E-state index in [-0.39, 0.29) is 21.8 Å². The van der Waals surface area contributed by atoms with Crippen molar-refractivity contribution >= 4 is 5.97 Å². The average molecular weight is 420 g/mol. The number of aromatic carboxylic acids is 1. The lowest BCUT2D eigenvalue weighted by Crippen LogP contribution is -2.34. The van der Waals surface area contributed by atoms with E-state index in [9.17, 15) is 9.90 Å². The fourth-order valence-corrected chi connectivity index (χ4v) is 6.56. The van der Waals surface area contributed by atoms with E-state index >= 15 is 0 Å². The second-order valence-electron chi connectivity index (χ2n) is 11.3. The van der Waals surface area contributed by atoms with Gasteiger partial charge in [-0.3, -0.25) is 4.98 Å². The first-order valence-corrected chi connectivity index (χ1v) is 11.5. The van der Waals surface area contributed by atoms with Gasteiger partial charge in [-0.1, -0.05) is 45.9 Å². The second kappa shape index (κ2) is 6.41. The van der Waals surface area contributed by atoms with E-state index in [1.807, 2.05) is 6.07 Å². The lowest BCUT2D eigenvalue weighted by molar-refractivity contribution is -0.0322. The Hall–Kier alpha value is -2.20. The molecule has 3 aliphatic rings. The van der Waals surface area contributed by atoms with Crippen molar-refractivity contribution in [2.75, 3.05) is 7.11 Å². The van der Waals surface area contributed by atoms with Crippen LogP contribution in [0.3, 0.4) is 0 Å². The standard InChI is InChI=1S/C27H33NO3/c1-24(2)10-11-25(3,4)20-14-18(7-8-19(20)24)26-12-13-27(31-5,21(26)15-26)22-9-6-17(16-28-22)23(29)30/h6-9,14,16,21H,10-13,15H2,1-5H3,(H,29,30). The van der Waals surface area contributed by atoms with Crippen molar-refractivity contribution in [3.8, 4) is 0 Å². The zero-order chi connectivity index (χ0) is 22.2. The van der Waals surface area contributed by atoms with Gasteiger partial charge < -0.3 is 9.84 Å². The maximum atomic E-state index is 11.2. The summed E-state index contributed by atoms with van der Waals surface area (Å²) in [7, 11) is 1.78. The molecule has 2 fully saturated rings. The molecule has 3 atom stereocenters. The van der Waals surface area contributed by atoms with Crippen LogP contribution in [0.5, 0.6) is 0 Å². The van der Waals surface area contributed by atoms with Crippen LogP contribution in [-0.4, -0.2) is 23.2 Å². The molecule has 0 amide bonds. The Bertz CT molecular complexity index is 1050. The van der Waals surface area contributed by atoms with Crippen molar-refractivity contribution in [2.45, 2.75) is 81.6 Å². The summed E-state index contributed by atoms with van der Waals surface area (Å²) >= 11 is 0. The molecular formula is C27H33NO3. The number of pyridine rings is 1. The molecule has 1 N–H and O–H groups in total. The van der Waals surface area contributed by atoms with Gasteiger partial charge in [0.05, 0.1) is 11.3 Å². The van der Waals surface area contributed by atoms with Crippen LogP contribution in [-0.2, 0) is 26.6 Å². The summed E-state index contributed by atoms with van der Waals surface area (Å²) in [6, 6.07) is 10.8. The van der Waals surface area contributed by atoms with E-state index in [1.165, 1.54) is 35.7 Å². The zero-order valence-electron chi connectivity index (χ0n) is 19.3. The number of ether oxygens (including phenoxy) is 1. The molecule has 4 nitrogen and oxygen atoms in total. The predicted molar refractivity (Wildman–Crippen MR) is 121 cm³/mol. The summed E-state index contributed by atoms with van der Waals surface area (Å²) in [4.78, 5) is 15.8. The molecule has 1 heterocycles. The van der Waals surface area contributed by atoms with Crippen LogP contribution < -0.4 is 0 Å². The SMILES string of the molecule is COC1(c2ccc(C(=O)O)cn2)CCC2(c3ccc4c(c3)C(C)(C)CCC4(C)C)CC21. The van der Waals surface area contributed by atoms with Crippen molar-refractivity contribution in [1.82, 2.24) is 4.98 Å². The summed E-state index contributed by atoms with van der Waals surface area (Å²) in [6.07, 6.45) is 7.01. The monoisotopic (exact) mass is 419 g/mol. The van der Waals surface area contributed by atoms with E-state index in [1.54, 1.807) is 13.2 Å². The van der Waals surface area contributed by atoms with Crippen LogP contribution in [0.4, 0.5) is 0 Å². The fraction of sp³-hybridized carbons (Fsp3) is 0.556.